The Kier molecular flexibility index (Phi) is 2.88. The molecule has 0 aliphatic carbocycles. The van der Waals surface area contributed by atoms with Gasteiger partial charge in [0.15, 0.2) is 0 Å². The van der Waals surface area contributed by atoms with E-state index in [1.54, 1.807) is 6.07 Å². The lowest BCUT2D eigenvalue weighted by atomic mass is 10.2. The van der Waals surface area contributed by atoms with Gasteiger partial charge in [0.2, 0.25) is 0 Å². The fraction of sp³-hybridized carbons (Fsp3) is 0.545. The summed E-state index contributed by atoms with van der Waals surface area (Å²) in [6.07, 6.45) is 1.03. The maximum atomic E-state index is 9.64. The van der Waals surface area contributed by atoms with E-state index in [0.717, 1.165) is 30.9 Å². The molecule has 0 amide bonds. The summed E-state index contributed by atoms with van der Waals surface area (Å²) >= 11 is 0. The number of aromatic hydroxyl groups is 1. The molecule has 1 aliphatic heterocycles. The molecular weight excluding hydrogens is 190 g/mol. The number of pyridine rings is 1. The van der Waals surface area contributed by atoms with Gasteiger partial charge in [0.25, 0.3) is 0 Å². The minimum Gasteiger partial charge on any atom is -0.506 e. The van der Waals surface area contributed by atoms with Gasteiger partial charge >= 0.3 is 0 Å². The average molecular weight is 207 g/mol. The van der Waals surface area contributed by atoms with Crippen LogP contribution in [0.5, 0.6) is 5.75 Å². The fourth-order valence-electron chi connectivity index (χ4n) is 1.94. The molecule has 1 aromatic heterocycles. The number of nitrogens with zero attached hydrogens (tertiary/aromatic N) is 2. The Bertz CT molecular complexity index is 354. The highest BCUT2D eigenvalue weighted by Gasteiger charge is 2.20. The van der Waals surface area contributed by atoms with Gasteiger partial charge in [0.1, 0.15) is 5.75 Å². The van der Waals surface area contributed by atoms with Crippen LogP contribution in [-0.4, -0.2) is 34.1 Å². The number of rotatable bonds is 2. The van der Waals surface area contributed by atoms with Crippen LogP contribution >= 0.6 is 0 Å². The Morgan fingerprint density at radius 1 is 1.60 bits per heavy atom. The predicted molar refractivity (Wildman–Crippen MR) is 58.5 cm³/mol. The SMILES string of the molecule is Cc1ccc(O)c(CN2CCC(N)C2)n1. The molecular formula is C11H17N3O. The molecule has 0 radical (unpaired) electrons. The summed E-state index contributed by atoms with van der Waals surface area (Å²) in [6, 6.07) is 3.79. The molecule has 4 nitrogen and oxygen atoms in total. The van der Waals surface area contributed by atoms with Gasteiger partial charge in [-0.25, -0.2) is 0 Å². The molecule has 3 N–H and O–H groups in total. The quantitative estimate of drug-likeness (QED) is 0.746. The van der Waals surface area contributed by atoms with Crippen LogP contribution in [0.2, 0.25) is 0 Å². The summed E-state index contributed by atoms with van der Waals surface area (Å²) in [6.45, 7) is 4.52. The normalized spacial score (nSPS) is 22.1. The van der Waals surface area contributed by atoms with Gasteiger partial charge < -0.3 is 10.8 Å². The third-order valence-corrected chi connectivity index (χ3v) is 2.77. The van der Waals surface area contributed by atoms with Crippen molar-refractivity contribution < 1.29 is 5.11 Å². The van der Waals surface area contributed by atoms with E-state index in [-0.39, 0.29) is 11.8 Å². The van der Waals surface area contributed by atoms with E-state index in [4.69, 9.17) is 5.73 Å². The van der Waals surface area contributed by atoms with Crippen molar-refractivity contribution >= 4 is 0 Å². The zero-order valence-corrected chi connectivity index (χ0v) is 8.98. The second kappa shape index (κ2) is 4.16. The lowest BCUT2D eigenvalue weighted by Crippen LogP contribution is -2.26. The van der Waals surface area contributed by atoms with Gasteiger partial charge in [-0.1, -0.05) is 0 Å². The van der Waals surface area contributed by atoms with Gasteiger partial charge in [0.05, 0.1) is 5.69 Å². The first kappa shape index (κ1) is 10.4. The summed E-state index contributed by atoms with van der Waals surface area (Å²) in [5, 5.41) is 9.64. The number of hydrogen-bond acceptors (Lipinski definition) is 4. The van der Waals surface area contributed by atoms with Crippen LogP contribution in [0.4, 0.5) is 0 Å². The molecule has 4 heteroatoms. The molecule has 1 atom stereocenters. The van der Waals surface area contributed by atoms with E-state index in [0.29, 0.717) is 6.54 Å². The highest BCUT2D eigenvalue weighted by atomic mass is 16.3. The van der Waals surface area contributed by atoms with Crippen LogP contribution in [0.25, 0.3) is 0 Å². The topological polar surface area (TPSA) is 62.4 Å². The Hall–Kier alpha value is -1.13. The monoisotopic (exact) mass is 207 g/mol. The molecule has 0 aromatic carbocycles. The van der Waals surface area contributed by atoms with E-state index in [2.05, 4.69) is 9.88 Å². The van der Waals surface area contributed by atoms with Crippen LogP contribution in [0.1, 0.15) is 17.8 Å². The second-order valence-electron chi connectivity index (χ2n) is 4.20. The zero-order chi connectivity index (χ0) is 10.8. The van der Waals surface area contributed by atoms with Crippen molar-refractivity contribution in [2.75, 3.05) is 13.1 Å². The van der Waals surface area contributed by atoms with E-state index in [1.165, 1.54) is 0 Å². The van der Waals surface area contributed by atoms with Crippen LogP contribution in [0, 0.1) is 6.92 Å². The maximum absolute atomic E-state index is 9.64. The maximum Gasteiger partial charge on any atom is 0.138 e. The van der Waals surface area contributed by atoms with Crippen molar-refractivity contribution in [3.05, 3.63) is 23.5 Å². The molecule has 0 saturated carbocycles. The molecule has 82 valence electrons. The number of aryl methyl sites for hydroxylation is 1. The molecule has 2 heterocycles. The standard InChI is InChI=1S/C11H17N3O/c1-8-2-3-11(15)10(13-8)7-14-5-4-9(12)6-14/h2-3,9,15H,4-7,12H2,1H3. The molecule has 1 saturated heterocycles. The van der Waals surface area contributed by atoms with E-state index < -0.39 is 0 Å². The summed E-state index contributed by atoms with van der Waals surface area (Å²) in [4.78, 5) is 6.56. The lowest BCUT2D eigenvalue weighted by Gasteiger charge is -2.15. The molecule has 0 spiro atoms. The van der Waals surface area contributed by atoms with Crippen LogP contribution in [0.3, 0.4) is 0 Å². The molecule has 1 aliphatic rings. The van der Waals surface area contributed by atoms with Crippen molar-refractivity contribution in [2.45, 2.75) is 25.9 Å². The second-order valence-corrected chi connectivity index (χ2v) is 4.20. The summed E-state index contributed by atoms with van der Waals surface area (Å²) in [7, 11) is 0. The van der Waals surface area contributed by atoms with Crippen LogP contribution < -0.4 is 5.73 Å². The lowest BCUT2D eigenvalue weighted by molar-refractivity contribution is 0.315. The summed E-state index contributed by atoms with van der Waals surface area (Å²) in [5.41, 5.74) is 7.51. The highest BCUT2D eigenvalue weighted by molar-refractivity contribution is 5.27. The molecule has 1 fully saturated rings. The van der Waals surface area contributed by atoms with E-state index >= 15 is 0 Å². The fourth-order valence-corrected chi connectivity index (χ4v) is 1.94. The average Bonchev–Trinajstić information content (AvgIpc) is 2.58. The van der Waals surface area contributed by atoms with Crippen molar-refractivity contribution in [1.29, 1.82) is 0 Å². The number of hydrogen-bond donors (Lipinski definition) is 2. The smallest absolute Gasteiger partial charge is 0.138 e. The van der Waals surface area contributed by atoms with Gasteiger partial charge in [-0.15, -0.1) is 0 Å². The third kappa shape index (κ3) is 2.46. The van der Waals surface area contributed by atoms with Crippen molar-refractivity contribution in [1.82, 2.24) is 9.88 Å². The van der Waals surface area contributed by atoms with Crippen LogP contribution in [0.15, 0.2) is 12.1 Å². The van der Waals surface area contributed by atoms with Crippen molar-refractivity contribution in [2.24, 2.45) is 5.73 Å². The first-order valence-corrected chi connectivity index (χ1v) is 5.28. The minimum absolute atomic E-state index is 0.275. The van der Waals surface area contributed by atoms with Crippen LogP contribution in [-0.2, 0) is 6.54 Å². The zero-order valence-electron chi connectivity index (χ0n) is 8.98. The number of nitrogens with two attached hydrogens (primary N) is 1. The Morgan fingerprint density at radius 2 is 2.40 bits per heavy atom. The van der Waals surface area contributed by atoms with E-state index in [1.807, 2.05) is 13.0 Å². The van der Waals surface area contributed by atoms with Gasteiger partial charge in [-0.2, -0.15) is 0 Å². The molecule has 2 rings (SSSR count). The van der Waals surface area contributed by atoms with Gasteiger partial charge in [-0.05, 0) is 25.5 Å². The minimum atomic E-state index is 0.275. The highest BCUT2D eigenvalue weighted by Crippen LogP contribution is 2.18. The molecule has 0 bridgehead atoms. The van der Waals surface area contributed by atoms with E-state index in [9.17, 15) is 5.11 Å². The number of aromatic nitrogens is 1. The first-order chi connectivity index (χ1) is 7.15. The summed E-state index contributed by atoms with van der Waals surface area (Å²) in [5.74, 6) is 0.279. The predicted octanol–water partition coefficient (Wildman–Crippen LogP) is 0.629. The Labute approximate surface area is 89.7 Å². The summed E-state index contributed by atoms with van der Waals surface area (Å²) < 4.78 is 0. The Morgan fingerprint density at radius 3 is 3.07 bits per heavy atom. The molecule has 1 unspecified atom stereocenters. The van der Waals surface area contributed by atoms with Crippen molar-refractivity contribution in [3.8, 4) is 5.75 Å². The largest absolute Gasteiger partial charge is 0.506 e. The van der Waals surface area contributed by atoms with Crippen molar-refractivity contribution in [3.63, 3.8) is 0 Å². The molecule has 1 aromatic rings. The first-order valence-electron chi connectivity index (χ1n) is 5.28. The molecule has 15 heavy (non-hydrogen) atoms. The van der Waals surface area contributed by atoms with Gasteiger partial charge in [0, 0.05) is 31.4 Å². The number of likely N-dealkylation sites (tertiary alicyclic amines) is 1. The Balaban J connectivity index is 2.07. The third-order valence-electron chi connectivity index (χ3n) is 2.77. The van der Waals surface area contributed by atoms with Gasteiger partial charge in [-0.3, -0.25) is 9.88 Å².